The number of rotatable bonds is 7. The molecule has 14 nitrogen and oxygen atoms in total. The van der Waals surface area contributed by atoms with Gasteiger partial charge in [0, 0.05) is 6.42 Å². The van der Waals surface area contributed by atoms with Crippen molar-refractivity contribution in [3.05, 3.63) is 0 Å². The first kappa shape index (κ1) is 24.6. The first-order valence-corrected chi connectivity index (χ1v) is 10.4. The summed E-state index contributed by atoms with van der Waals surface area (Å²) in [5.41, 5.74) is 0. The summed E-state index contributed by atoms with van der Waals surface area (Å²) >= 11 is 0. The van der Waals surface area contributed by atoms with E-state index in [1.807, 2.05) is 0 Å². The summed E-state index contributed by atoms with van der Waals surface area (Å²) in [6.45, 7) is -1.65. The predicted octanol–water partition coefficient (Wildman–Crippen LogP) is -5.50. The summed E-state index contributed by atoms with van der Waals surface area (Å²) in [6, 6.07) is 0. The molecule has 0 saturated carbocycles. The van der Waals surface area contributed by atoms with E-state index in [0.717, 1.165) is 0 Å². The molecule has 0 spiro atoms. The van der Waals surface area contributed by atoms with Gasteiger partial charge in [0.1, 0.15) is 54.9 Å². The molecule has 32 heavy (non-hydrogen) atoms. The average molecular weight is 470 g/mol. The predicted molar refractivity (Wildman–Crippen MR) is 96.5 cm³/mol. The lowest BCUT2D eigenvalue weighted by Gasteiger charge is -2.46. The Morgan fingerprint density at radius 1 is 0.625 bits per heavy atom. The fraction of sp³-hybridized carbons (Fsp3) is 1.00. The van der Waals surface area contributed by atoms with Crippen molar-refractivity contribution in [3.63, 3.8) is 0 Å². The summed E-state index contributed by atoms with van der Waals surface area (Å²) < 4.78 is 32.6. The van der Waals surface area contributed by atoms with Crippen LogP contribution in [0.25, 0.3) is 0 Å². The molecule has 0 aromatic carbocycles. The Morgan fingerprint density at radius 2 is 1.22 bits per heavy atom. The fourth-order valence-electron chi connectivity index (χ4n) is 4.22. The van der Waals surface area contributed by atoms with E-state index in [9.17, 15) is 40.9 Å². The van der Waals surface area contributed by atoms with E-state index in [1.54, 1.807) is 0 Å². The van der Waals surface area contributed by atoms with Crippen molar-refractivity contribution in [2.24, 2.45) is 0 Å². The monoisotopic (exact) mass is 470 g/mol. The van der Waals surface area contributed by atoms with Crippen molar-refractivity contribution in [1.29, 1.82) is 0 Å². The molecule has 186 valence electrons. The standard InChI is InChI=1S/C18H30O14/c19-2-5-1-6(22)9(23)16(27-5)30-13-7(3-20)28-17(11(25)10(13)24)31-14-8(4-21)29-18-15(32-18)12(14)26/h5-26H,1-4H2. The molecular weight excluding hydrogens is 440 g/mol. The maximum atomic E-state index is 10.6. The summed E-state index contributed by atoms with van der Waals surface area (Å²) in [5.74, 6) is 0. The second-order valence-electron chi connectivity index (χ2n) is 8.33. The smallest absolute Gasteiger partial charge is 0.187 e. The van der Waals surface area contributed by atoms with E-state index in [2.05, 4.69) is 0 Å². The Kier molecular flexibility index (Phi) is 7.65. The molecule has 4 heterocycles. The quantitative estimate of drug-likeness (QED) is 0.163. The molecule has 0 aromatic rings. The Balaban J connectivity index is 1.43. The molecule has 8 N–H and O–H groups in total. The van der Waals surface area contributed by atoms with Gasteiger partial charge in [0.2, 0.25) is 0 Å². The highest BCUT2D eigenvalue weighted by molar-refractivity contribution is 4.99. The molecule has 0 amide bonds. The average Bonchev–Trinajstić information content (AvgIpc) is 3.57. The van der Waals surface area contributed by atoms with Gasteiger partial charge < -0.3 is 69.3 Å². The van der Waals surface area contributed by atoms with Gasteiger partial charge in [0.15, 0.2) is 18.9 Å². The fourth-order valence-corrected chi connectivity index (χ4v) is 4.22. The number of fused-ring (bicyclic) bond motifs is 1. The maximum Gasteiger partial charge on any atom is 0.187 e. The van der Waals surface area contributed by atoms with Gasteiger partial charge in [0.25, 0.3) is 0 Å². The van der Waals surface area contributed by atoms with Crippen molar-refractivity contribution in [2.45, 2.75) is 92.4 Å². The van der Waals surface area contributed by atoms with Crippen molar-refractivity contribution >= 4 is 0 Å². The molecular formula is C18H30O14. The molecule has 4 aliphatic heterocycles. The van der Waals surface area contributed by atoms with Crippen LogP contribution in [0.1, 0.15) is 6.42 Å². The third-order valence-corrected chi connectivity index (χ3v) is 6.12. The number of aliphatic hydroxyl groups is 8. The van der Waals surface area contributed by atoms with E-state index in [-0.39, 0.29) is 6.42 Å². The molecule has 4 fully saturated rings. The number of aliphatic hydroxyl groups excluding tert-OH is 8. The van der Waals surface area contributed by atoms with Crippen LogP contribution in [0.4, 0.5) is 0 Å². The lowest BCUT2D eigenvalue weighted by atomic mass is 9.97. The van der Waals surface area contributed by atoms with Crippen molar-refractivity contribution in [3.8, 4) is 0 Å². The van der Waals surface area contributed by atoms with Crippen LogP contribution in [0.15, 0.2) is 0 Å². The molecule has 4 saturated heterocycles. The zero-order valence-corrected chi connectivity index (χ0v) is 16.9. The lowest BCUT2D eigenvalue weighted by molar-refractivity contribution is -0.362. The Morgan fingerprint density at radius 3 is 1.84 bits per heavy atom. The van der Waals surface area contributed by atoms with E-state index < -0.39 is 106 Å². The Bertz CT molecular complexity index is 622. The summed E-state index contributed by atoms with van der Waals surface area (Å²) in [6.07, 6.45) is -17.4. The maximum absolute atomic E-state index is 10.6. The molecule has 14 atom stereocenters. The second kappa shape index (κ2) is 9.97. The van der Waals surface area contributed by atoms with E-state index in [0.29, 0.717) is 0 Å². The number of epoxide rings is 1. The molecule has 4 rings (SSSR count). The van der Waals surface area contributed by atoms with Crippen LogP contribution in [-0.4, -0.2) is 147 Å². The Hall–Kier alpha value is -0.560. The number of ether oxygens (including phenoxy) is 6. The van der Waals surface area contributed by atoms with Crippen LogP contribution >= 0.6 is 0 Å². The van der Waals surface area contributed by atoms with Crippen LogP contribution in [0, 0.1) is 0 Å². The van der Waals surface area contributed by atoms with Gasteiger partial charge in [-0.25, -0.2) is 0 Å². The molecule has 0 radical (unpaired) electrons. The van der Waals surface area contributed by atoms with E-state index >= 15 is 0 Å². The highest BCUT2D eigenvalue weighted by atomic mass is 16.8. The van der Waals surface area contributed by atoms with Gasteiger partial charge in [-0.2, -0.15) is 0 Å². The van der Waals surface area contributed by atoms with Crippen molar-refractivity contribution in [2.75, 3.05) is 19.8 Å². The molecule has 0 bridgehead atoms. The van der Waals surface area contributed by atoms with Crippen LogP contribution in [0.3, 0.4) is 0 Å². The van der Waals surface area contributed by atoms with Gasteiger partial charge in [-0.15, -0.1) is 0 Å². The topological polar surface area (TPSA) is 221 Å². The summed E-state index contributed by atoms with van der Waals surface area (Å²) in [5, 5.41) is 80.2. The third-order valence-electron chi connectivity index (χ3n) is 6.12. The second-order valence-corrected chi connectivity index (χ2v) is 8.33. The van der Waals surface area contributed by atoms with Crippen LogP contribution in [0.5, 0.6) is 0 Å². The van der Waals surface area contributed by atoms with Gasteiger partial charge in [-0.05, 0) is 0 Å². The van der Waals surface area contributed by atoms with Gasteiger partial charge >= 0.3 is 0 Å². The van der Waals surface area contributed by atoms with Gasteiger partial charge in [-0.1, -0.05) is 0 Å². The third kappa shape index (κ3) is 4.67. The van der Waals surface area contributed by atoms with Crippen molar-refractivity contribution < 1.29 is 69.3 Å². The first-order valence-electron chi connectivity index (χ1n) is 10.4. The first-order chi connectivity index (χ1) is 15.3. The minimum atomic E-state index is -1.73. The summed E-state index contributed by atoms with van der Waals surface area (Å²) in [7, 11) is 0. The number of hydrogen-bond acceptors (Lipinski definition) is 14. The molecule has 0 aliphatic carbocycles. The minimum absolute atomic E-state index is 0.0351. The minimum Gasteiger partial charge on any atom is -0.394 e. The molecule has 4 aliphatic rings. The Labute approximate surface area is 182 Å². The SMILES string of the molecule is OCC1CC(O)C(O)C(OC2C(CO)OC(OC3C(CO)OC4OC4C3O)C(O)C2O)O1. The van der Waals surface area contributed by atoms with Crippen LogP contribution < -0.4 is 0 Å². The highest BCUT2D eigenvalue weighted by Crippen LogP contribution is 2.38. The highest BCUT2D eigenvalue weighted by Gasteiger charge is 2.58. The number of hydrogen-bond donors (Lipinski definition) is 8. The largest absolute Gasteiger partial charge is 0.394 e. The molecule has 14 heteroatoms. The zero-order valence-electron chi connectivity index (χ0n) is 16.9. The normalized spacial score (nSPS) is 53.6. The molecule has 14 unspecified atom stereocenters. The molecule has 0 aromatic heterocycles. The van der Waals surface area contributed by atoms with Crippen LogP contribution in [0.2, 0.25) is 0 Å². The summed E-state index contributed by atoms with van der Waals surface area (Å²) in [4.78, 5) is 0. The van der Waals surface area contributed by atoms with Crippen molar-refractivity contribution in [1.82, 2.24) is 0 Å². The van der Waals surface area contributed by atoms with E-state index in [1.165, 1.54) is 0 Å². The van der Waals surface area contributed by atoms with E-state index in [4.69, 9.17) is 28.4 Å². The van der Waals surface area contributed by atoms with Gasteiger partial charge in [0.05, 0.1) is 32.0 Å². The van der Waals surface area contributed by atoms with Gasteiger partial charge in [-0.3, -0.25) is 0 Å². The lowest BCUT2D eigenvalue weighted by Crippen LogP contribution is -2.64. The zero-order chi connectivity index (χ0) is 23.2. The van der Waals surface area contributed by atoms with Crippen LogP contribution in [-0.2, 0) is 28.4 Å².